The maximum atomic E-state index is 12.5. The van der Waals surface area contributed by atoms with Crippen molar-refractivity contribution in [2.75, 3.05) is 63.3 Å². The first-order valence-corrected chi connectivity index (χ1v) is 11.4. The molecule has 1 aliphatic heterocycles. The fourth-order valence-corrected chi connectivity index (χ4v) is 3.57. The predicted octanol–water partition coefficient (Wildman–Crippen LogP) is 3.18. The van der Waals surface area contributed by atoms with Crippen LogP contribution in [0.25, 0.3) is 0 Å². The summed E-state index contributed by atoms with van der Waals surface area (Å²) in [5.74, 6) is 1.23. The van der Waals surface area contributed by atoms with Crippen LogP contribution in [0.3, 0.4) is 0 Å². The quantitative estimate of drug-likeness (QED) is 0.524. The van der Waals surface area contributed by atoms with Crippen LogP contribution in [-0.4, -0.2) is 69.8 Å². The lowest BCUT2D eigenvalue weighted by atomic mass is 10.2. The molecule has 0 bridgehead atoms. The fourth-order valence-electron chi connectivity index (χ4n) is 3.57. The fraction of sp³-hybridized carbons (Fsp3) is 0.440. The second-order valence-electron chi connectivity index (χ2n) is 7.73. The summed E-state index contributed by atoms with van der Waals surface area (Å²) in [4.78, 5) is 28.8. The van der Waals surface area contributed by atoms with Gasteiger partial charge in [-0.25, -0.2) is 0 Å². The van der Waals surface area contributed by atoms with Gasteiger partial charge in [0.2, 0.25) is 11.8 Å². The maximum Gasteiger partial charge on any atom is 0.243 e. The smallest absolute Gasteiger partial charge is 0.243 e. The summed E-state index contributed by atoms with van der Waals surface area (Å²) in [6, 6.07) is 15.1. The Balaban J connectivity index is 1.39. The van der Waals surface area contributed by atoms with E-state index in [-0.39, 0.29) is 18.4 Å². The van der Waals surface area contributed by atoms with Gasteiger partial charge in [0.25, 0.3) is 0 Å². The van der Waals surface area contributed by atoms with Crippen molar-refractivity contribution in [1.29, 1.82) is 0 Å². The molecule has 0 aromatic heterocycles. The topological polar surface area (TPSA) is 80.3 Å². The highest BCUT2D eigenvalue weighted by atomic mass is 16.5. The van der Waals surface area contributed by atoms with Crippen molar-refractivity contribution >= 4 is 23.2 Å². The van der Waals surface area contributed by atoms with Gasteiger partial charge in [-0.1, -0.05) is 0 Å². The molecule has 33 heavy (non-hydrogen) atoms. The summed E-state index contributed by atoms with van der Waals surface area (Å²) in [6.07, 6.45) is 0.900. The Morgan fingerprint density at radius 1 is 1.03 bits per heavy atom. The van der Waals surface area contributed by atoms with E-state index in [9.17, 15) is 9.59 Å². The van der Waals surface area contributed by atoms with Crippen LogP contribution in [0, 0.1) is 0 Å². The van der Waals surface area contributed by atoms with Crippen LogP contribution in [0.15, 0.2) is 48.5 Å². The molecule has 1 saturated heterocycles. The average molecular weight is 456 g/mol. The number of rotatable bonds is 11. The lowest BCUT2D eigenvalue weighted by Crippen LogP contribution is -2.38. The van der Waals surface area contributed by atoms with E-state index >= 15 is 0 Å². The number of nitrogens with zero attached hydrogens (tertiary/aromatic N) is 2. The summed E-state index contributed by atoms with van der Waals surface area (Å²) in [7, 11) is 1.61. The molecule has 0 unspecified atom stereocenters. The molecule has 0 spiro atoms. The van der Waals surface area contributed by atoms with E-state index in [1.54, 1.807) is 12.0 Å². The van der Waals surface area contributed by atoms with Gasteiger partial charge < -0.3 is 29.3 Å². The van der Waals surface area contributed by atoms with Gasteiger partial charge in [0, 0.05) is 37.4 Å². The molecule has 2 amide bonds. The Morgan fingerprint density at radius 3 is 2.33 bits per heavy atom. The number of anilines is 2. The van der Waals surface area contributed by atoms with Crippen molar-refractivity contribution < 1.29 is 23.8 Å². The van der Waals surface area contributed by atoms with E-state index in [2.05, 4.69) is 10.2 Å². The zero-order chi connectivity index (χ0) is 23.5. The van der Waals surface area contributed by atoms with Crippen molar-refractivity contribution in [3.63, 3.8) is 0 Å². The van der Waals surface area contributed by atoms with Crippen LogP contribution in [-0.2, 0) is 14.3 Å². The Hall–Kier alpha value is -3.26. The van der Waals surface area contributed by atoms with E-state index in [4.69, 9.17) is 14.2 Å². The van der Waals surface area contributed by atoms with E-state index in [0.717, 1.165) is 43.5 Å². The van der Waals surface area contributed by atoms with E-state index < -0.39 is 0 Å². The van der Waals surface area contributed by atoms with Gasteiger partial charge in [0.1, 0.15) is 11.5 Å². The summed E-state index contributed by atoms with van der Waals surface area (Å²) >= 11 is 0. The number of ether oxygens (including phenoxy) is 3. The number of benzene rings is 2. The minimum atomic E-state index is -0.209. The molecular formula is C25H33N3O5. The van der Waals surface area contributed by atoms with Crippen LogP contribution in [0.1, 0.15) is 19.8 Å². The highest BCUT2D eigenvalue weighted by Gasteiger charge is 2.16. The molecule has 178 valence electrons. The minimum absolute atomic E-state index is 0.0277. The molecule has 0 radical (unpaired) electrons. The molecule has 0 saturated carbocycles. The van der Waals surface area contributed by atoms with E-state index in [0.29, 0.717) is 31.7 Å². The van der Waals surface area contributed by atoms with Crippen LogP contribution >= 0.6 is 0 Å². The number of hydrogen-bond donors (Lipinski definition) is 1. The number of likely N-dealkylation sites (N-methyl/N-ethyl adjacent to an activating group) is 1. The first kappa shape index (κ1) is 24.4. The van der Waals surface area contributed by atoms with E-state index in [1.807, 2.05) is 55.5 Å². The molecular weight excluding hydrogens is 422 g/mol. The van der Waals surface area contributed by atoms with Crippen LogP contribution in [0.2, 0.25) is 0 Å². The van der Waals surface area contributed by atoms with E-state index in [1.165, 1.54) is 0 Å². The number of amides is 2. The van der Waals surface area contributed by atoms with Gasteiger partial charge >= 0.3 is 0 Å². The zero-order valence-corrected chi connectivity index (χ0v) is 19.4. The second kappa shape index (κ2) is 12.7. The number of carbonyl (C=O) groups excluding carboxylic acids is 2. The predicted molar refractivity (Wildman–Crippen MR) is 128 cm³/mol. The van der Waals surface area contributed by atoms with Crippen LogP contribution in [0.4, 0.5) is 11.4 Å². The van der Waals surface area contributed by atoms with Crippen molar-refractivity contribution in [1.82, 2.24) is 4.90 Å². The molecule has 3 rings (SSSR count). The molecule has 8 nitrogen and oxygen atoms in total. The van der Waals surface area contributed by atoms with Gasteiger partial charge in [-0.15, -0.1) is 0 Å². The normalized spacial score (nSPS) is 13.3. The number of methoxy groups -OCH3 is 1. The molecule has 8 heteroatoms. The lowest BCUT2D eigenvalue weighted by Gasteiger charge is -2.29. The van der Waals surface area contributed by atoms with Crippen molar-refractivity contribution in [2.24, 2.45) is 0 Å². The first-order chi connectivity index (χ1) is 16.1. The van der Waals surface area contributed by atoms with Crippen molar-refractivity contribution in [3.05, 3.63) is 48.5 Å². The van der Waals surface area contributed by atoms with Crippen LogP contribution < -0.4 is 19.7 Å². The third-order valence-corrected chi connectivity index (χ3v) is 5.46. The van der Waals surface area contributed by atoms with Gasteiger partial charge in [-0.3, -0.25) is 9.59 Å². The molecule has 1 heterocycles. The maximum absolute atomic E-state index is 12.5. The summed E-state index contributed by atoms with van der Waals surface area (Å²) < 4.78 is 16.2. The SMILES string of the molecule is CCN(CC(=O)Nc1ccc(N2CCOCC2)cc1)C(=O)CCCOc1ccc(OC)cc1. The number of carbonyl (C=O) groups is 2. The Bertz CT molecular complexity index is 880. The van der Waals surface area contributed by atoms with Gasteiger partial charge in [0.15, 0.2) is 0 Å². The summed E-state index contributed by atoms with van der Waals surface area (Å²) in [5.41, 5.74) is 1.83. The lowest BCUT2D eigenvalue weighted by molar-refractivity contribution is -0.134. The molecule has 2 aromatic carbocycles. The second-order valence-corrected chi connectivity index (χ2v) is 7.73. The molecule has 2 aromatic rings. The number of hydrogen-bond acceptors (Lipinski definition) is 6. The zero-order valence-electron chi connectivity index (χ0n) is 19.4. The third-order valence-electron chi connectivity index (χ3n) is 5.46. The van der Waals surface area contributed by atoms with Crippen molar-refractivity contribution in [3.8, 4) is 11.5 Å². The monoisotopic (exact) mass is 455 g/mol. The Morgan fingerprint density at radius 2 is 1.70 bits per heavy atom. The molecule has 0 aliphatic carbocycles. The molecule has 1 fully saturated rings. The van der Waals surface area contributed by atoms with Crippen molar-refractivity contribution in [2.45, 2.75) is 19.8 Å². The largest absolute Gasteiger partial charge is 0.497 e. The standard InChI is InChI=1S/C25H33N3O5/c1-3-27(25(30)5-4-16-33-23-12-10-22(31-2)11-13-23)19-24(29)26-20-6-8-21(9-7-20)28-14-17-32-18-15-28/h6-13H,3-5,14-19H2,1-2H3,(H,26,29). The molecule has 1 N–H and O–H groups in total. The Kier molecular flexibility index (Phi) is 9.38. The highest BCUT2D eigenvalue weighted by Crippen LogP contribution is 2.19. The number of nitrogens with one attached hydrogen (secondary N) is 1. The summed E-state index contributed by atoms with van der Waals surface area (Å²) in [6.45, 7) is 5.99. The average Bonchev–Trinajstić information content (AvgIpc) is 2.86. The van der Waals surface area contributed by atoms with Crippen LogP contribution in [0.5, 0.6) is 11.5 Å². The summed E-state index contributed by atoms with van der Waals surface area (Å²) in [5, 5.41) is 2.88. The molecule has 0 atom stereocenters. The van der Waals surface area contributed by atoms with Gasteiger partial charge in [-0.2, -0.15) is 0 Å². The third kappa shape index (κ3) is 7.68. The first-order valence-electron chi connectivity index (χ1n) is 11.4. The highest BCUT2D eigenvalue weighted by molar-refractivity contribution is 5.94. The van der Waals surface area contributed by atoms with Gasteiger partial charge in [0.05, 0.1) is 33.5 Å². The van der Waals surface area contributed by atoms with Gasteiger partial charge in [-0.05, 0) is 61.9 Å². The Labute approximate surface area is 195 Å². The minimum Gasteiger partial charge on any atom is -0.497 e. The molecule has 1 aliphatic rings. The number of morpholine rings is 1.